The van der Waals surface area contributed by atoms with Gasteiger partial charge < -0.3 is 24.6 Å². The summed E-state index contributed by atoms with van der Waals surface area (Å²) in [5.41, 5.74) is 3.06. The molecule has 260 valence electrons. The van der Waals surface area contributed by atoms with Crippen molar-refractivity contribution in [1.29, 1.82) is 0 Å². The van der Waals surface area contributed by atoms with Crippen LogP contribution < -0.4 is 20.5 Å². The van der Waals surface area contributed by atoms with Gasteiger partial charge in [0.25, 0.3) is 17.7 Å². The number of amides is 2. The van der Waals surface area contributed by atoms with Gasteiger partial charge in [-0.2, -0.15) is 0 Å². The third-order valence-electron chi connectivity index (χ3n) is 9.55. The van der Waals surface area contributed by atoms with E-state index < -0.39 is 12.3 Å². The number of halogens is 2. The number of allylic oxidation sites excluding steroid dienone is 6. The van der Waals surface area contributed by atoms with Crippen LogP contribution in [-0.2, 0) is 4.74 Å². The number of alkyl halides is 2. The third kappa shape index (κ3) is 8.39. The number of nitrogens with one attached hydrogen (secondary N) is 1. The Bertz CT molecular complexity index is 1770. The first-order valence-corrected chi connectivity index (χ1v) is 17.1. The van der Waals surface area contributed by atoms with Crippen molar-refractivity contribution < 1.29 is 27.8 Å². The number of rotatable bonds is 13. The van der Waals surface area contributed by atoms with E-state index >= 15 is 0 Å². The second kappa shape index (κ2) is 15.8. The average molecular weight is 672 g/mol. The maximum Gasteiger partial charge on any atom is 0.276 e. The molecule has 2 aliphatic heterocycles. The number of fused-ring (bicyclic) bond motifs is 1. The standard InChI is InChI=1S/C40H47F2N3O4/c1-6-20-40(41,42)33-14-10-30(7-2)37(19-15-33)49-34-16-11-32(12-17-34)39(47)45-24-29(25-45)23-44-26-36-28(4)35(38(46)43-21-22-48-5)18-13-31(36)9-8-27(44)3/h6,9,11-19,26-27,29H,1,7-8,10,20-25H2,2-5H3,(H,43,46). The summed E-state index contributed by atoms with van der Waals surface area (Å²) in [5.74, 6) is -1.71. The molecule has 49 heavy (non-hydrogen) atoms. The maximum atomic E-state index is 14.5. The van der Waals surface area contributed by atoms with Crippen LogP contribution in [0.5, 0.6) is 5.75 Å². The van der Waals surface area contributed by atoms with Gasteiger partial charge in [0, 0.05) is 79.8 Å². The second-order valence-corrected chi connectivity index (χ2v) is 13.0. The van der Waals surface area contributed by atoms with Crippen LogP contribution in [0.15, 0.2) is 84.2 Å². The summed E-state index contributed by atoms with van der Waals surface area (Å²) in [6.45, 7) is 12.7. The number of nitrogens with zero attached hydrogens (tertiary/aromatic N) is 2. The number of hydrogen-bond acceptors (Lipinski definition) is 5. The Balaban J connectivity index is 1.20. The van der Waals surface area contributed by atoms with Gasteiger partial charge in [-0.15, -0.1) is 6.58 Å². The molecule has 0 radical (unpaired) electrons. The van der Waals surface area contributed by atoms with Gasteiger partial charge >= 0.3 is 0 Å². The monoisotopic (exact) mass is 671 g/mol. The second-order valence-electron chi connectivity index (χ2n) is 13.0. The van der Waals surface area contributed by atoms with Crippen molar-refractivity contribution in [1.82, 2.24) is 15.1 Å². The Kier molecular flexibility index (Phi) is 11.5. The summed E-state index contributed by atoms with van der Waals surface area (Å²) in [5, 5.41) is 5.11. The van der Waals surface area contributed by atoms with Crippen molar-refractivity contribution in [2.24, 2.45) is 5.92 Å². The lowest BCUT2D eigenvalue weighted by atomic mass is 9.97. The van der Waals surface area contributed by atoms with E-state index in [1.165, 1.54) is 12.2 Å². The van der Waals surface area contributed by atoms with Crippen LogP contribution in [0.3, 0.4) is 0 Å². The van der Waals surface area contributed by atoms with Crippen LogP contribution in [0.1, 0.15) is 65.8 Å². The minimum atomic E-state index is -2.98. The largest absolute Gasteiger partial charge is 0.457 e. The molecule has 1 N–H and O–H groups in total. The molecular formula is C40H47F2N3O4. The first kappa shape index (κ1) is 35.8. The fraction of sp³-hybridized carbons (Fsp3) is 0.400. The summed E-state index contributed by atoms with van der Waals surface area (Å²) < 4.78 is 40.2. The minimum Gasteiger partial charge on any atom is -0.457 e. The summed E-state index contributed by atoms with van der Waals surface area (Å²) >= 11 is 0. The molecule has 0 aromatic heterocycles. The molecule has 1 saturated heterocycles. The van der Waals surface area contributed by atoms with Crippen LogP contribution in [-0.4, -0.2) is 73.5 Å². The van der Waals surface area contributed by atoms with Gasteiger partial charge in [0.05, 0.1) is 6.61 Å². The zero-order chi connectivity index (χ0) is 35.1. The average Bonchev–Trinajstić information content (AvgIpc) is 3.37. The highest BCUT2D eigenvalue weighted by atomic mass is 19.3. The zero-order valence-corrected chi connectivity index (χ0v) is 28.9. The molecule has 3 aliphatic rings. The predicted octanol–water partition coefficient (Wildman–Crippen LogP) is 5.90. The Hall–Kier alpha value is -4.50. The fourth-order valence-corrected chi connectivity index (χ4v) is 6.47. The van der Waals surface area contributed by atoms with Gasteiger partial charge in [-0.1, -0.05) is 31.2 Å². The maximum absolute atomic E-state index is 14.5. The topological polar surface area (TPSA) is 71.1 Å². The molecular weight excluding hydrogens is 624 g/mol. The smallest absolute Gasteiger partial charge is 0.276 e. The highest BCUT2D eigenvalue weighted by Crippen LogP contribution is 2.34. The fourth-order valence-electron chi connectivity index (χ4n) is 6.47. The summed E-state index contributed by atoms with van der Waals surface area (Å²) in [6, 6.07) is 11.2. The molecule has 0 spiro atoms. The van der Waals surface area contributed by atoms with Crippen molar-refractivity contribution in [3.8, 4) is 5.75 Å². The van der Waals surface area contributed by atoms with Crippen LogP contribution in [0.4, 0.5) is 8.78 Å². The molecule has 2 heterocycles. The SMILES string of the molecule is C=CCC(F)(F)C1=CCC(CC)=C(Oc2ccc(C(=O)N3CC(CN4C=c5c(C)c(C(=O)NCCOC)ccc5=CCC4C)C3)cc2)C=C1. The molecule has 1 fully saturated rings. The molecule has 2 amide bonds. The van der Waals surface area contributed by atoms with Gasteiger partial charge in [-0.3, -0.25) is 9.59 Å². The molecule has 2 aromatic rings. The highest BCUT2D eigenvalue weighted by Gasteiger charge is 2.34. The molecule has 1 unspecified atom stereocenters. The van der Waals surface area contributed by atoms with Gasteiger partial charge in [0.2, 0.25) is 0 Å². The molecule has 1 aliphatic carbocycles. The van der Waals surface area contributed by atoms with E-state index in [1.807, 2.05) is 30.9 Å². The predicted molar refractivity (Wildman–Crippen MR) is 190 cm³/mol. The number of benzene rings is 2. The minimum absolute atomic E-state index is 0.0320. The number of hydrogen-bond donors (Lipinski definition) is 1. The Labute approximate surface area is 288 Å². The van der Waals surface area contributed by atoms with E-state index in [9.17, 15) is 18.4 Å². The number of ether oxygens (including phenoxy) is 2. The van der Waals surface area contributed by atoms with Gasteiger partial charge in [-0.25, -0.2) is 8.78 Å². The molecule has 0 saturated carbocycles. The van der Waals surface area contributed by atoms with E-state index in [2.05, 4.69) is 36.0 Å². The first-order valence-electron chi connectivity index (χ1n) is 17.1. The van der Waals surface area contributed by atoms with E-state index in [4.69, 9.17) is 9.47 Å². The third-order valence-corrected chi connectivity index (χ3v) is 9.55. The van der Waals surface area contributed by atoms with Crippen molar-refractivity contribution in [2.45, 2.75) is 58.4 Å². The lowest BCUT2D eigenvalue weighted by molar-refractivity contribution is 0.0440. The number of methoxy groups -OCH3 is 1. The van der Waals surface area contributed by atoms with Gasteiger partial charge in [0.15, 0.2) is 0 Å². The van der Waals surface area contributed by atoms with Gasteiger partial charge in [-0.05, 0) is 91.9 Å². The lowest BCUT2D eigenvalue weighted by Gasteiger charge is -2.42. The van der Waals surface area contributed by atoms with E-state index in [-0.39, 0.29) is 23.4 Å². The first-order chi connectivity index (χ1) is 23.5. The van der Waals surface area contributed by atoms with Gasteiger partial charge in [0.1, 0.15) is 11.5 Å². The van der Waals surface area contributed by atoms with Crippen LogP contribution in [0.25, 0.3) is 12.3 Å². The van der Waals surface area contributed by atoms with Crippen molar-refractivity contribution in [3.05, 3.63) is 111 Å². The van der Waals surface area contributed by atoms with Crippen LogP contribution in [0, 0.1) is 12.8 Å². The van der Waals surface area contributed by atoms with E-state index in [0.717, 1.165) is 34.5 Å². The highest BCUT2D eigenvalue weighted by molar-refractivity contribution is 5.96. The van der Waals surface area contributed by atoms with E-state index in [0.29, 0.717) is 67.6 Å². The summed E-state index contributed by atoms with van der Waals surface area (Å²) in [6.07, 6.45) is 11.7. The van der Waals surface area contributed by atoms with Crippen molar-refractivity contribution in [3.63, 3.8) is 0 Å². The number of carbonyl (C=O) groups is 2. The normalized spacial score (nSPS) is 17.9. The van der Waals surface area contributed by atoms with Crippen molar-refractivity contribution in [2.75, 3.05) is 39.9 Å². The lowest BCUT2D eigenvalue weighted by Crippen LogP contribution is -2.54. The van der Waals surface area contributed by atoms with Crippen LogP contribution >= 0.6 is 0 Å². The Morgan fingerprint density at radius 3 is 2.55 bits per heavy atom. The Morgan fingerprint density at radius 1 is 1.10 bits per heavy atom. The molecule has 0 bridgehead atoms. The summed E-state index contributed by atoms with van der Waals surface area (Å²) in [4.78, 5) is 30.4. The van der Waals surface area contributed by atoms with E-state index in [1.54, 1.807) is 43.5 Å². The summed E-state index contributed by atoms with van der Waals surface area (Å²) in [7, 11) is 1.61. The quantitative estimate of drug-likeness (QED) is 0.212. The zero-order valence-electron chi connectivity index (χ0n) is 28.9. The number of likely N-dealkylation sites (tertiary alicyclic amines) is 1. The van der Waals surface area contributed by atoms with Crippen molar-refractivity contribution >= 4 is 24.1 Å². The molecule has 9 heteroatoms. The number of carbonyl (C=O) groups excluding carboxylic acids is 2. The van der Waals surface area contributed by atoms with Crippen LogP contribution in [0.2, 0.25) is 0 Å². The Morgan fingerprint density at radius 2 is 1.86 bits per heavy atom. The molecule has 7 nitrogen and oxygen atoms in total. The molecule has 2 aromatic carbocycles. The molecule has 5 rings (SSSR count). The molecule has 1 atom stereocenters.